The normalized spacial score (nSPS) is 23.3. The van der Waals surface area contributed by atoms with E-state index in [9.17, 15) is 4.79 Å². The number of hydrogen-bond acceptors (Lipinski definition) is 3. The Morgan fingerprint density at radius 1 is 1.44 bits per heavy atom. The lowest BCUT2D eigenvalue weighted by molar-refractivity contribution is 0.0672. The molecule has 18 heavy (non-hydrogen) atoms. The maximum atomic E-state index is 12.0. The molecule has 0 bridgehead atoms. The Balaban J connectivity index is 2.27. The van der Waals surface area contributed by atoms with E-state index >= 15 is 0 Å². The predicted octanol–water partition coefficient (Wildman–Crippen LogP) is 2.31. The number of nitrogens with zero attached hydrogens (tertiary/aromatic N) is 1. The van der Waals surface area contributed by atoms with Gasteiger partial charge in [-0.3, -0.25) is 4.90 Å². The molecule has 0 saturated carbocycles. The first-order valence-electron chi connectivity index (χ1n) is 6.38. The molecule has 0 radical (unpaired) electrons. The van der Waals surface area contributed by atoms with Crippen molar-refractivity contribution in [3.8, 4) is 0 Å². The van der Waals surface area contributed by atoms with Crippen LogP contribution in [0.15, 0.2) is 24.3 Å². The SMILES string of the molecule is CCc1ccccc1N1CC(C)(CCN)OC1=O. The number of aryl methyl sites for hydroxylation is 1. The second kappa shape index (κ2) is 4.98. The Bertz CT molecular complexity index is 447. The fourth-order valence-electron chi connectivity index (χ4n) is 2.39. The van der Waals surface area contributed by atoms with Crippen LogP contribution in [0.5, 0.6) is 0 Å². The standard InChI is InChI=1S/C14H20N2O2/c1-3-11-6-4-5-7-12(11)16-10-14(2,8-9-15)18-13(16)17/h4-7H,3,8-10,15H2,1-2H3. The first-order chi connectivity index (χ1) is 8.59. The summed E-state index contributed by atoms with van der Waals surface area (Å²) in [6.07, 6.45) is 1.31. The van der Waals surface area contributed by atoms with Crippen LogP contribution in [0.25, 0.3) is 0 Å². The van der Waals surface area contributed by atoms with Gasteiger partial charge in [-0.15, -0.1) is 0 Å². The van der Waals surface area contributed by atoms with Gasteiger partial charge in [-0.2, -0.15) is 0 Å². The van der Waals surface area contributed by atoms with E-state index in [0.717, 1.165) is 17.7 Å². The van der Waals surface area contributed by atoms with Gasteiger partial charge in [-0.05, 0) is 31.5 Å². The molecule has 0 spiro atoms. The van der Waals surface area contributed by atoms with E-state index in [1.165, 1.54) is 0 Å². The molecule has 1 amide bonds. The molecule has 1 saturated heterocycles. The Hall–Kier alpha value is -1.55. The third kappa shape index (κ3) is 2.34. The molecule has 4 heteroatoms. The number of carbonyl (C=O) groups excluding carboxylic acids is 1. The van der Waals surface area contributed by atoms with Gasteiger partial charge in [0.2, 0.25) is 0 Å². The summed E-state index contributed by atoms with van der Waals surface area (Å²) in [4.78, 5) is 13.7. The topological polar surface area (TPSA) is 55.6 Å². The fourth-order valence-corrected chi connectivity index (χ4v) is 2.39. The molecule has 98 valence electrons. The van der Waals surface area contributed by atoms with Crippen LogP contribution in [0, 0.1) is 0 Å². The Kier molecular flexibility index (Phi) is 3.57. The number of anilines is 1. The summed E-state index contributed by atoms with van der Waals surface area (Å²) in [6.45, 7) is 5.11. The summed E-state index contributed by atoms with van der Waals surface area (Å²) < 4.78 is 5.46. The lowest BCUT2D eigenvalue weighted by Gasteiger charge is -2.21. The molecule has 2 rings (SSSR count). The number of hydrogen-bond donors (Lipinski definition) is 1. The summed E-state index contributed by atoms with van der Waals surface area (Å²) in [6, 6.07) is 7.94. The van der Waals surface area contributed by atoms with Crippen LogP contribution in [0.2, 0.25) is 0 Å². The molecule has 1 fully saturated rings. The van der Waals surface area contributed by atoms with Crippen LogP contribution < -0.4 is 10.6 Å². The third-order valence-corrected chi connectivity index (χ3v) is 3.38. The van der Waals surface area contributed by atoms with E-state index in [-0.39, 0.29) is 6.09 Å². The number of rotatable bonds is 4. The maximum absolute atomic E-state index is 12.0. The van der Waals surface area contributed by atoms with Crippen LogP contribution in [-0.4, -0.2) is 24.8 Å². The van der Waals surface area contributed by atoms with Crippen molar-refractivity contribution in [3.63, 3.8) is 0 Å². The van der Waals surface area contributed by atoms with E-state index in [0.29, 0.717) is 19.5 Å². The third-order valence-electron chi connectivity index (χ3n) is 3.38. The minimum Gasteiger partial charge on any atom is -0.441 e. The summed E-state index contributed by atoms with van der Waals surface area (Å²) >= 11 is 0. The zero-order valence-electron chi connectivity index (χ0n) is 11.0. The van der Waals surface area contributed by atoms with E-state index in [2.05, 4.69) is 6.92 Å². The number of ether oxygens (including phenoxy) is 1. The maximum Gasteiger partial charge on any atom is 0.415 e. The van der Waals surface area contributed by atoms with Gasteiger partial charge in [0, 0.05) is 6.42 Å². The Morgan fingerprint density at radius 2 is 2.17 bits per heavy atom. The molecule has 1 aliphatic heterocycles. The van der Waals surface area contributed by atoms with E-state index in [1.54, 1.807) is 4.90 Å². The molecule has 1 heterocycles. The highest BCUT2D eigenvalue weighted by molar-refractivity contribution is 5.91. The largest absolute Gasteiger partial charge is 0.441 e. The quantitative estimate of drug-likeness (QED) is 0.889. The monoisotopic (exact) mass is 248 g/mol. The van der Waals surface area contributed by atoms with Crippen LogP contribution in [0.4, 0.5) is 10.5 Å². The fraction of sp³-hybridized carbons (Fsp3) is 0.500. The molecule has 0 aliphatic carbocycles. The number of cyclic esters (lactones) is 1. The predicted molar refractivity (Wildman–Crippen MR) is 71.7 cm³/mol. The molecule has 1 atom stereocenters. The van der Waals surface area contributed by atoms with Crippen molar-refractivity contribution >= 4 is 11.8 Å². The van der Waals surface area contributed by atoms with Gasteiger partial charge in [0.25, 0.3) is 0 Å². The van der Waals surface area contributed by atoms with Crippen LogP contribution in [0.1, 0.15) is 25.8 Å². The van der Waals surface area contributed by atoms with Crippen molar-refractivity contribution in [2.24, 2.45) is 5.73 Å². The smallest absolute Gasteiger partial charge is 0.415 e. The first kappa shape index (κ1) is 12.9. The molecule has 1 aromatic rings. The second-order valence-electron chi connectivity index (χ2n) is 4.92. The highest BCUT2D eigenvalue weighted by Gasteiger charge is 2.41. The summed E-state index contributed by atoms with van der Waals surface area (Å²) in [7, 11) is 0. The summed E-state index contributed by atoms with van der Waals surface area (Å²) in [5.41, 5.74) is 7.21. The zero-order chi connectivity index (χ0) is 13.2. The van der Waals surface area contributed by atoms with Crippen molar-refractivity contribution in [2.45, 2.75) is 32.3 Å². The summed E-state index contributed by atoms with van der Waals surface area (Å²) in [5.74, 6) is 0. The highest BCUT2D eigenvalue weighted by atomic mass is 16.6. The minimum absolute atomic E-state index is 0.271. The lowest BCUT2D eigenvalue weighted by atomic mass is 10.0. The molecule has 1 unspecified atom stereocenters. The number of nitrogens with two attached hydrogens (primary N) is 1. The average Bonchev–Trinajstić information content (AvgIpc) is 2.65. The van der Waals surface area contributed by atoms with E-state index < -0.39 is 5.60 Å². The first-order valence-corrected chi connectivity index (χ1v) is 6.38. The van der Waals surface area contributed by atoms with E-state index in [4.69, 9.17) is 10.5 Å². The molecule has 4 nitrogen and oxygen atoms in total. The Morgan fingerprint density at radius 3 is 2.83 bits per heavy atom. The van der Waals surface area contributed by atoms with Crippen molar-refractivity contribution in [3.05, 3.63) is 29.8 Å². The molecule has 1 aromatic carbocycles. The molecule has 0 aromatic heterocycles. The van der Waals surface area contributed by atoms with Crippen LogP contribution >= 0.6 is 0 Å². The summed E-state index contributed by atoms with van der Waals surface area (Å²) in [5, 5.41) is 0. The number of para-hydroxylation sites is 1. The van der Waals surface area contributed by atoms with Crippen LogP contribution in [0.3, 0.4) is 0 Å². The van der Waals surface area contributed by atoms with E-state index in [1.807, 2.05) is 31.2 Å². The lowest BCUT2D eigenvalue weighted by Crippen LogP contribution is -2.33. The number of carbonyl (C=O) groups is 1. The van der Waals surface area contributed by atoms with Gasteiger partial charge < -0.3 is 10.5 Å². The van der Waals surface area contributed by atoms with Gasteiger partial charge in [-0.1, -0.05) is 25.1 Å². The highest BCUT2D eigenvalue weighted by Crippen LogP contribution is 2.31. The van der Waals surface area contributed by atoms with Crippen molar-refractivity contribution in [1.82, 2.24) is 0 Å². The molecular formula is C14H20N2O2. The van der Waals surface area contributed by atoms with Gasteiger partial charge in [0.15, 0.2) is 0 Å². The average molecular weight is 248 g/mol. The van der Waals surface area contributed by atoms with Gasteiger partial charge in [-0.25, -0.2) is 4.79 Å². The van der Waals surface area contributed by atoms with Gasteiger partial charge in [0.1, 0.15) is 5.60 Å². The second-order valence-corrected chi connectivity index (χ2v) is 4.92. The van der Waals surface area contributed by atoms with Gasteiger partial charge in [0.05, 0.1) is 12.2 Å². The zero-order valence-corrected chi connectivity index (χ0v) is 11.0. The van der Waals surface area contributed by atoms with Crippen molar-refractivity contribution in [1.29, 1.82) is 0 Å². The molecular weight excluding hydrogens is 228 g/mol. The number of amides is 1. The van der Waals surface area contributed by atoms with Gasteiger partial charge >= 0.3 is 6.09 Å². The Labute approximate surface area is 108 Å². The van der Waals surface area contributed by atoms with Crippen LogP contribution in [-0.2, 0) is 11.2 Å². The number of benzene rings is 1. The molecule has 1 aliphatic rings. The molecule has 2 N–H and O–H groups in total. The van der Waals surface area contributed by atoms with Crippen molar-refractivity contribution < 1.29 is 9.53 Å². The minimum atomic E-state index is -0.466. The van der Waals surface area contributed by atoms with Crippen molar-refractivity contribution in [2.75, 3.05) is 18.0 Å².